The van der Waals surface area contributed by atoms with E-state index in [4.69, 9.17) is 4.74 Å². The van der Waals surface area contributed by atoms with Crippen LogP contribution in [0, 0.1) is 6.92 Å². The molecule has 1 saturated heterocycles. The summed E-state index contributed by atoms with van der Waals surface area (Å²) in [6, 6.07) is 4.79. The SMILES string of the molecule is CCNC(c1ccc(C)s1)C1(C)CCCCO1. The van der Waals surface area contributed by atoms with Crippen molar-refractivity contribution in [2.75, 3.05) is 13.2 Å². The zero-order chi connectivity index (χ0) is 12.3. The molecule has 2 rings (SSSR count). The standard InChI is InChI=1S/C14H23NOS/c1-4-15-13(12-8-7-11(2)17-12)14(3)9-5-6-10-16-14/h7-8,13,15H,4-6,9-10H2,1-3H3. The summed E-state index contributed by atoms with van der Waals surface area (Å²) in [6.07, 6.45) is 3.64. The summed E-state index contributed by atoms with van der Waals surface area (Å²) in [4.78, 5) is 2.79. The summed E-state index contributed by atoms with van der Waals surface area (Å²) in [5.41, 5.74) is -0.0362. The quantitative estimate of drug-likeness (QED) is 0.884. The highest BCUT2D eigenvalue weighted by Crippen LogP contribution is 2.38. The molecular formula is C14H23NOS. The van der Waals surface area contributed by atoms with Gasteiger partial charge in [0.05, 0.1) is 11.6 Å². The Morgan fingerprint density at radius 3 is 2.82 bits per heavy atom. The fourth-order valence-corrected chi connectivity index (χ4v) is 3.71. The average molecular weight is 253 g/mol. The monoisotopic (exact) mass is 253 g/mol. The van der Waals surface area contributed by atoms with Gasteiger partial charge in [-0.05, 0) is 51.8 Å². The van der Waals surface area contributed by atoms with Crippen LogP contribution < -0.4 is 5.32 Å². The second-order valence-corrected chi connectivity index (χ2v) is 6.38. The third kappa shape index (κ3) is 2.90. The van der Waals surface area contributed by atoms with Crippen LogP contribution >= 0.6 is 11.3 Å². The smallest absolute Gasteiger partial charge is 0.0856 e. The largest absolute Gasteiger partial charge is 0.373 e. The van der Waals surface area contributed by atoms with E-state index < -0.39 is 0 Å². The molecule has 96 valence electrons. The summed E-state index contributed by atoms with van der Waals surface area (Å²) < 4.78 is 6.09. The van der Waals surface area contributed by atoms with Crippen molar-refractivity contribution in [2.45, 2.75) is 51.7 Å². The third-order valence-corrected chi connectivity index (χ3v) is 4.63. The lowest BCUT2D eigenvalue weighted by molar-refractivity contribution is -0.0888. The topological polar surface area (TPSA) is 21.3 Å². The normalized spacial score (nSPS) is 27.0. The molecule has 0 saturated carbocycles. The highest BCUT2D eigenvalue weighted by Gasteiger charge is 2.37. The van der Waals surface area contributed by atoms with Gasteiger partial charge >= 0.3 is 0 Å². The maximum Gasteiger partial charge on any atom is 0.0856 e. The van der Waals surface area contributed by atoms with Gasteiger partial charge in [0.2, 0.25) is 0 Å². The molecule has 2 heterocycles. The molecular weight excluding hydrogens is 230 g/mol. The van der Waals surface area contributed by atoms with E-state index in [2.05, 4.69) is 38.2 Å². The molecule has 2 nitrogen and oxygen atoms in total. The Balaban J connectivity index is 2.21. The lowest BCUT2D eigenvalue weighted by Gasteiger charge is -2.40. The Bertz CT molecular complexity index is 355. The van der Waals surface area contributed by atoms with Gasteiger partial charge in [-0.3, -0.25) is 0 Å². The van der Waals surface area contributed by atoms with Crippen LogP contribution in [0.4, 0.5) is 0 Å². The van der Waals surface area contributed by atoms with Gasteiger partial charge in [-0.15, -0.1) is 11.3 Å². The van der Waals surface area contributed by atoms with Crippen LogP contribution in [0.25, 0.3) is 0 Å². The van der Waals surface area contributed by atoms with Crippen LogP contribution in [0.1, 0.15) is 48.9 Å². The minimum atomic E-state index is -0.0362. The minimum absolute atomic E-state index is 0.0362. The van der Waals surface area contributed by atoms with E-state index in [0.717, 1.165) is 19.6 Å². The zero-order valence-electron chi connectivity index (χ0n) is 11.1. The zero-order valence-corrected chi connectivity index (χ0v) is 11.9. The Hall–Kier alpha value is -0.380. The number of ether oxygens (including phenoxy) is 1. The van der Waals surface area contributed by atoms with Gasteiger partial charge in [0.25, 0.3) is 0 Å². The van der Waals surface area contributed by atoms with Crippen molar-refractivity contribution >= 4 is 11.3 Å². The molecule has 0 amide bonds. The van der Waals surface area contributed by atoms with Crippen molar-refractivity contribution in [1.29, 1.82) is 0 Å². The molecule has 0 aromatic carbocycles. The Labute approximate surface area is 108 Å². The third-order valence-electron chi connectivity index (χ3n) is 3.56. The highest BCUT2D eigenvalue weighted by molar-refractivity contribution is 7.12. The number of likely N-dealkylation sites (N-methyl/N-ethyl adjacent to an activating group) is 1. The number of aryl methyl sites for hydroxylation is 1. The first-order valence-electron chi connectivity index (χ1n) is 6.59. The Morgan fingerprint density at radius 2 is 2.29 bits per heavy atom. The predicted molar refractivity (Wildman–Crippen MR) is 73.7 cm³/mol. The van der Waals surface area contributed by atoms with E-state index in [1.807, 2.05) is 11.3 Å². The predicted octanol–water partition coefficient (Wildman–Crippen LogP) is 3.67. The van der Waals surface area contributed by atoms with Crippen molar-refractivity contribution < 1.29 is 4.74 Å². The molecule has 17 heavy (non-hydrogen) atoms. The van der Waals surface area contributed by atoms with Crippen LogP contribution in [-0.4, -0.2) is 18.8 Å². The molecule has 1 aromatic rings. The maximum absolute atomic E-state index is 6.09. The van der Waals surface area contributed by atoms with E-state index >= 15 is 0 Å². The summed E-state index contributed by atoms with van der Waals surface area (Å²) >= 11 is 1.89. The number of hydrogen-bond donors (Lipinski definition) is 1. The van der Waals surface area contributed by atoms with Crippen LogP contribution in [0.5, 0.6) is 0 Å². The number of thiophene rings is 1. The number of hydrogen-bond acceptors (Lipinski definition) is 3. The molecule has 0 aliphatic carbocycles. The van der Waals surface area contributed by atoms with Gasteiger partial charge < -0.3 is 10.1 Å². The van der Waals surface area contributed by atoms with Crippen molar-refractivity contribution in [3.05, 3.63) is 21.9 Å². The van der Waals surface area contributed by atoms with Crippen molar-refractivity contribution in [2.24, 2.45) is 0 Å². The molecule has 1 aromatic heterocycles. The van der Waals surface area contributed by atoms with Crippen molar-refractivity contribution in [3.63, 3.8) is 0 Å². The summed E-state index contributed by atoms with van der Waals surface area (Å²) in [7, 11) is 0. The van der Waals surface area contributed by atoms with Crippen molar-refractivity contribution in [1.82, 2.24) is 5.32 Å². The molecule has 0 spiro atoms. The molecule has 3 heteroatoms. The second-order valence-electron chi connectivity index (χ2n) is 5.06. The van der Waals surface area contributed by atoms with E-state index in [1.54, 1.807) is 0 Å². The van der Waals surface area contributed by atoms with Gasteiger partial charge in [-0.1, -0.05) is 6.92 Å². The van der Waals surface area contributed by atoms with E-state index in [0.29, 0.717) is 6.04 Å². The second kappa shape index (κ2) is 5.51. The average Bonchev–Trinajstić information content (AvgIpc) is 2.73. The van der Waals surface area contributed by atoms with Crippen LogP contribution in [-0.2, 0) is 4.74 Å². The maximum atomic E-state index is 6.09. The van der Waals surface area contributed by atoms with Gasteiger partial charge in [0, 0.05) is 16.4 Å². The van der Waals surface area contributed by atoms with Crippen LogP contribution in [0.3, 0.4) is 0 Å². The van der Waals surface area contributed by atoms with Crippen LogP contribution in [0.2, 0.25) is 0 Å². The molecule has 2 atom stereocenters. The number of rotatable bonds is 4. The lowest BCUT2D eigenvalue weighted by atomic mass is 9.87. The fourth-order valence-electron chi connectivity index (χ4n) is 2.61. The highest BCUT2D eigenvalue weighted by atomic mass is 32.1. The Morgan fingerprint density at radius 1 is 1.47 bits per heavy atom. The van der Waals surface area contributed by atoms with Gasteiger partial charge in [-0.2, -0.15) is 0 Å². The molecule has 1 aliphatic rings. The van der Waals surface area contributed by atoms with Crippen LogP contribution in [0.15, 0.2) is 12.1 Å². The van der Waals surface area contributed by atoms with E-state index in [9.17, 15) is 0 Å². The Kier molecular flexibility index (Phi) is 4.23. The first-order chi connectivity index (χ1) is 8.15. The first kappa shape index (κ1) is 13.1. The van der Waals surface area contributed by atoms with E-state index in [1.165, 1.54) is 22.6 Å². The van der Waals surface area contributed by atoms with E-state index in [-0.39, 0.29) is 5.60 Å². The van der Waals surface area contributed by atoms with Gasteiger partial charge in [0.1, 0.15) is 0 Å². The molecule has 0 radical (unpaired) electrons. The molecule has 1 fully saturated rings. The van der Waals surface area contributed by atoms with Crippen molar-refractivity contribution in [3.8, 4) is 0 Å². The minimum Gasteiger partial charge on any atom is -0.373 e. The fraction of sp³-hybridized carbons (Fsp3) is 0.714. The van der Waals surface area contributed by atoms with Gasteiger partial charge in [-0.25, -0.2) is 0 Å². The summed E-state index contributed by atoms with van der Waals surface area (Å²) in [5.74, 6) is 0. The number of nitrogens with one attached hydrogen (secondary N) is 1. The molecule has 1 N–H and O–H groups in total. The molecule has 0 bridgehead atoms. The van der Waals surface area contributed by atoms with Gasteiger partial charge in [0.15, 0.2) is 0 Å². The lowest BCUT2D eigenvalue weighted by Crippen LogP contribution is -2.45. The first-order valence-corrected chi connectivity index (χ1v) is 7.41. The molecule has 2 unspecified atom stereocenters. The molecule has 1 aliphatic heterocycles. The summed E-state index contributed by atoms with van der Waals surface area (Å²) in [6.45, 7) is 8.48. The summed E-state index contributed by atoms with van der Waals surface area (Å²) in [5, 5.41) is 3.61.